The molecule has 7 heteroatoms. The normalized spacial score (nSPS) is 10.2. The summed E-state index contributed by atoms with van der Waals surface area (Å²) in [5.41, 5.74) is 3.44. The molecule has 0 spiro atoms. The minimum absolute atomic E-state index is 0.129. The van der Waals surface area contributed by atoms with Gasteiger partial charge < -0.3 is 9.47 Å². The molecule has 0 fully saturated rings. The van der Waals surface area contributed by atoms with Crippen molar-refractivity contribution in [3.05, 3.63) is 29.8 Å². The zero-order chi connectivity index (χ0) is 14.4. The first-order chi connectivity index (χ1) is 9.71. The van der Waals surface area contributed by atoms with Gasteiger partial charge in [0, 0.05) is 0 Å². The van der Waals surface area contributed by atoms with Crippen molar-refractivity contribution >= 4 is 5.95 Å². The van der Waals surface area contributed by atoms with Gasteiger partial charge in [-0.15, -0.1) is 4.98 Å². The van der Waals surface area contributed by atoms with E-state index in [9.17, 15) is 0 Å². The number of hydrogen-bond donors (Lipinski definition) is 2. The molecule has 2 rings (SSSR count). The monoisotopic (exact) mass is 275 g/mol. The lowest BCUT2D eigenvalue weighted by Crippen LogP contribution is -2.13. The predicted molar refractivity (Wildman–Crippen MR) is 74.7 cm³/mol. The van der Waals surface area contributed by atoms with E-state index in [1.807, 2.05) is 38.1 Å². The lowest BCUT2D eigenvalue weighted by Gasteiger charge is -2.08. The van der Waals surface area contributed by atoms with Crippen LogP contribution in [0.15, 0.2) is 24.3 Å². The topological polar surface area (TPSA) is 95.2 Å². The summed E-state index contributed by atoms with van der Waals surface area (Å²) in [6, 6.07) is 7.87. The second-order valence-electron chi connectivity index (χ2n) is 4.14. The van der Waals surface area contributed by atoms with Crippen LogP contribution in [0.5, 0.6) is 17.8 Å². The number of aryl methyl sites for hydroxylation is 1. The summed E-state index contributed by atoms with van der Waals surface area (Å²) in [6.07, 6.45) is 0.852. The highest BCUT2D eigenvalue weighted by Crippen LogP contribution is 2.21. The molecule has 7 nitrogen and oxygen atoms in total. The SMILES string of the molecule is CCCOc1nc(NN)nc(Oc2cccc(C)c2)n1. The molecule has 0 atom stereocenters. The number of nitrogen functional groups attached to an aromatic ring is 1. The van der Waals surface area contributed by atoms with Crippen LogP contribution in [0.3, 0.4) is 0 Å². The average molecular weight is 275 g/mol. The van der Waals surface area contributed by atoms with E-state index in [4.69, 9.17) is 15.3 Å². The fourth-order valence-corrected chi connectivity index (χ4v) is 1.49. The lowest BCUT2D eigenvalue weighted by atomic mass is 10.2. The quantitative estimate of drug-likeness (QED) is 0.615. The van der Waals surface area contributed by atoms with Gasteiger partial charge >= 0.3 is 12.0 Å². The third-order valence-electron chi connectivity index (χ3n) is 2.36. The van der Waals surface area contributed by atoms with E-state index in [0.29, 0.717) is 12.4 Å². The summed E-state index contributed by atoms with van der Waals surface area (Å²) in [4.78, 5) is 12.1. The van der Waals surface area contributed by atoms with Crippen molar-refractivity contribution in [2.45, 2.75) is 20.3 Å². The van der Waals surface area contributed by atoms with Gasteiger partial charge in [-0.2, -0.15) is 9.97 Å². The summed E-state index contributed by atoms with van der Waals surface area (Å²) in [5.74, 6) is 6.15. The van der Waals surface area contributed by atoms with Crippen molar-refractivity contribution in [3.8, 4) is 17.8 Å². The molecule has 0 aliphatic heterocycles. The van der Waals surface area contributed by atoms with Crippen molar-refractivity contribution in [2.24, 2.45) is 5.84 Å². The van der Waals surface area contributed by atoms with Crippen molar-refractivity contribution in [2.75, 3.05) is 12.0 Å². The molecular formula is C13H17N5O2. The number of nitrogens with zero attached hydrogens (tertiary/aromatic N) is 3. The predicted octanol–water partition coefficient (Wildman–Crippen LogP) is 2.05. The number of nitrogens with two attached hydrogens (primary N) is 1. The second kappa shape index (κ2) is 6.67. The summed E-state index contributed by atoms with van der Waals surface area (Å²) in [7, 11) is 0. The first-order valence-corrected chi connectivity index (χ1v) is 6.31. The molecule has 3 N–H and O–H groups in total. The van der Waals surface area contributed by atoms with Crippen LogP contribution in [0.4, 0.5) is 5.95 Å². The van der Waals surface area contributed by atoms with Gasteiger partial charge in [0.2, 0.25) is 5.95 Å². The van der Waals surface area contributed by atoms with E-state index < -0.39 is 0 Å². The number of hydrogen-bond acceptors (Lipinski definition) is 7. The Balaban J connectivity index is 2.21. The van der Waals surface area contributed by atoms with Gasteiger partial charge in [0.25, 0.3) is 0 Å². The molecule has 1 aromatic carbocycles. The fourth-order valence-electron chi connectivity index (χ4n) is 1.49. The maximum atomic E-state index is 5.58. The van der Waals surface area contributed by atoms with Crippen LogP contribution in [0.25, 0.3) is 0 Å². The summed E-state index contributed by atoms with van der Waals surface area (Å²) in [6.45, 7) is 4.48. The molecule has 0 aliphatic rings. The minimum Gasteiger partial charge on any atom is -0.463 e. The number of aromatic nitrogens is 3. The maximum absolute atomic E-state index is 5.58. The van der Waals surface area contributed by atoms with Crippen LogP contribution in [0.2, 0.25) is 0 Å². The smallest absolute Gasteiger partial charge is 0.330 e. The largest absolute Gasteiger partial charge is 0.463 e. The molecule has 0 saturated carbocycles. The zero-order valence-electron chi connectivity index (χ0n) is 11.5. The Morgan fingerprint density at radius 2 is 2.00 bits per heavy atom. The van der Waals surface area contributed by atoms with E-state index in [1.54, 1.807) is 0 Å². The molecule has 1 aromatic heterocycles. The van der Waals surface area contributed by atoms with Gasteiger partial charge in [0.05, 0.1) is 6.61 Å². The molecule has 20 heavy (non-hydrogen) atoms. The standard InChI is InChI=1S/C13H17N5O2/c1-3-7-19-12-15-11(18-14)16-13(17-12)20-10-6-4-5-9(2)8-10/h4-6,8H,3,7,14H2,1-2H3,(H,15,16,17,18). The molecule has 0 aliphatic carbocycles. The number of rotatable bonds is 6. The Bertz CT molecular complexity index is 576. The first kappa shape index (κ1) is 14.0. The number of ether oxygens (including phenoxy) is 2. The van der Waals surface area contributed by atoms with Gasteiger partial charge in [-0.05, 0) is 31.0 Å². The summed E-state index contributed by atoms with van der Waals surface area (Å²) < 4.78 is 10.9. The Kier molecular flexibility index (Phi) is 4.67. The Morgan fingerprint density at radius 3 is 2.70 bits per heavy atom. The number of hydrazine groups is 1. The summed E-state index contributed by atoms with van der Waals surface area (Å²) >= 11 is 0. The van der Waals surface area contributed by atoms with Crippen molar-refractivity contribution in [1.29, 1.82) is 0 Å². The van der Waals surface area contributed by atoms with Gasteiger partial charge in [-0.25, -0.2) is 5.84 Å². The van der Waals surface area contributed by atoms with E-state index in [1.165, 1.54) is 0 Å². The molecule has 0 saturated heterocycles. The second-order valence-corrected chi connectivity index (χ2v) is 4.14. The first-order valence-electron chi connectivity index (χ1n) is 6.31. The number of anilines is 1. The molecule has 2 aromatic rings. The molecule has 0 unspecified atom stereocenters. The lowest BCUT2D eigenvalue weighted by molar-refractivity contribution is 0.285. The third-order valence-corrected chi connectivity index (χ3v) is 2.36. The Morgan fingerprint density at radius 1 is 1.20 bits per heavy atom. The molecule has 1 heterocycles. The van der Waals surface area contributed by atoms with Crippen LogP contribution < -0.4 is 20.7 Å². The van der Waals surface area contributed by atoms with E-state index in [-0.39, 0.29) is 18.0 Å². The molecule has 0 radical (unpaired) electrons. The third kappa shape index (κ3) is 3.79. The van der Waals surface area contributed by atoms with E-state index >= 15 is 0 Å². The highest BCUT2D eigenvalue weighted by molar-refractivity contribution is 5.31. The number of benzene rings is 1. The van der Waals surface area contributed by atoms with Crippen molar-refractivity contribution in [1.82, 2.24) is 15.0 Å². The molecule has 0 bridgehead atoms. The molecule has 0 amide bonds. The number of nitrogens with one attached hydrogen (secondary N) is 1. The zero-order valence-corrected chi connectivity index (χ0v) is 11.5. The maximum Gasteiger partial charge on any atom is 0.330 e. The highest BCUT2D eigenvalue weighted by atomic mass is 16.5. The Hall–Kier alpha value is -2.41. The van der Waals surface area contributed by atoms with E-state index in [2.05, 4.69) is 20.4 Å². The van der Waals surface area contributed by atoms with Crippen LogP contribution in [-0.4, -0.2) is 21.6 Å². The van der Waals surface area contributed by atoms with Crippen LogP contribution in [0.1, 0.15) is 18.9 Å². The van der Waals surface area contributed by atoms with E-state index in [0.717, 1.165) is 12.0 Å². The van der Waals surface area contributed by atoms with Crippen LogP contribution in [-0.2, 0) is 0 Å². The van der Waals surface area contributed by atoms with Crippen molar-refractivity contribution < 1.29 is 9.47 Å². The van der Waals surface area contributed by atoms with Gasteiger partial charge in [-0.1, -0.05) is 19.1 Å². The average Bonchev–Trinajstić information content (AvgIpc) is 2.45. The molecule has 106 valence electrons. The van der Waals surface area contributed by atoms with Gasteiger partial charge in [-0.3, -0.25) is 5.43 Å². The summed E-state index contributed by atoms with van der Waals surface area (Å²) in [5, 5.41) is 0. The fraction of sp³-hybridized carbons (Fsp3) is 0.308. The van der Waals surface area contributed by atoms with Crippen LogP contribution in [0, 0.1) is 6.92 Å². The Labute approximate surface area is 117 Å². The van der Waals surface area contributed by atoms with Crippen LogP contribution >= 0.6 is 0 Å². The van der Waals surface area contributed by atoms with Gasteiger partial charge in [0.1, 0.15) is 5.75 Å². The minimum atomic E-state index is 0.129. The van der Waals surface area contributed by atoms with Gasteiger partial charge in [0.15, 0.2) is 0 Å². The molecular weight excluding hydrogens is 258 g/mol. The highest BCUT2D eigenvalue weighted by Gasteiger charge is 2.09. The van der Waals surface area contributed by atoms with Crippen molar-refractivity contribution in [3.63, 3.8) is 0 Å².